The van der Waals surface area contributed by atoms with E-state index in [1.807, 2.05) is 0 Å². The molecule has 6 nitrogen and oxygen atoms in total. The van der Waals surface area contributed by atoms with Crippen molar-refractivity contribution in [2.24, 2.45) is 0 Å². The fourth-order valence-corrected chi connectivity index (χ4v) is 2.39. The van der Waals surface area contributed by atoms with Crippen molar-refractivity contribution >= 4 is 22.6 Å². The van der Waals surface area contributed by atoms with Crippen molar-refractivity contribution < 1.29 is 22.7 Å². The highest BCUT2D eigenvalue weighted by Crippen LogP contribution is 2.29. The molecule has 0 bridgehead atoms. The molecular formula is C17H12F3N3O3. The Balaban J connectivity index is 1.85. The van der Waals surface area contributed by atoms with E-state index in [4.69, 9.17) is 0 Å². The number of hydrogen-bond donors (Lipinski definition) is 1. The average Bonchev–Trinajstić information content (AvgIpc) is 2.58. The highest BCUT2D eigenvalue weighted by molar-refractivity contribution is 5.92. The van der Waals surface area contributed by atoms with E-state index in [0.717, 1.165) is 12.3 Å². The molecule has 0 unspecified atom stereocenters. The summed E-state index contributed by atoms with van der Waals surface area (Å²) in [6, 6.07) is 11.9. The van der Waals surface area contributed by atoms with Crippen LogP contribution in [0.5, 0.6) is 5.75 Å². The van der Waals surface area contributed by atoms with E-state index in [9.17, 15) is 22.8 Å². The van der Waals surface area contributed by atoms with Gasteiger partial charge < -0.3 is 10.1 Å². The van der Waals surface area contributed by atoms with Gasteiger partial charge >= 0.3 is 6.36 Å². The van der Waals surface area contributed by atoms with Gasteiger partial charge in [-0.3, -0.25) is 14.2 Å². The van der Waals surface area contributed by atoms with Crippen molar-refractivity contribution in [1.29, 1.82) is 0 Å². The molecule has 3 rings (SSSR count). The highest BCUT2D eigenvalue weighted by atomic mass is 19.4. The van der Waals surface area contributed by atoms with Crippen LogP contribution in [0.2, 0.25) is 0 Å². The quantitative estimate of drug-likeness (QED) is 0.774. The van der Waals surface area contributed by atoms with E-state index < -0.39 is 23.6 Å². The number of alkyl halides is 3. The first-order valence-electron chi connectivity index (χ1n) is 7.43. The second-order valence-electron chi connectivity index (χ2n) is 5.26. The first-order valence-corrected chi connectivity index (χ1v) is 7.43. The van der Waals surface area contributed by atoms with Crippen molar-refractivity contribution in [3.05, 3.63) is 65.1 Å². The number of benzene rings is 2. The standard InChI is InChI=1S/C17H12F3N3O3/c18-17(19,20)26-14-8-4-2-6-12(14)22-15(24)10-23-13-7-3-1-5-11(13)21-9-16(23)25/h1-9H,10H2,(H,22,24). The maximum absolute atomic E-state index is 12.4. The van der Waals surface area contributed by atoms with Crippen LogP contribution in [0.25, 0.3) is 11.0 Å². The summed E-state index contributed by atoms with van der Waals surface area (Å²) in [4.78, 5) is 28.3. The molecule has 0 atom stereocenters. The molecule has 0 aliphatic rings. The number of para-hydroxylation sites is 4. The number of nitrogens with one attached hydrogen (secondary N) is 1. The molecule has 26 heavy (non-hydrogen) atoms. The molecule has 0 spiro atoms. The van der Waals surface area contributed by atoms with Crippen LogP contribution < -0.4 is 15.6 Å². The maximum Gasteiger partial charge on any atom is 0.573 e. The van der Waals surface area contributed by atoms with Crippen LogP contribution >= 0.6 is 0 Å². The number of aromatic nitrogens is 2. The zero-order valence-electron chi connectivity index (χ0n) is 13.2. The first kappa shape index (κ1) is 17.5. The van der Waals surface area contributed by atoms with Gasteiger partial charge in [0, 0.05) is 0 Å². The zero-order chi connectivity index (χ0) is 18.7. The molecule has 9 heteroatoms. The average molecular weight is 363 g/mol. The lowest BCUT2D eigenvalue weighted by atomic mass is 10.2. The van der Waals surface area contributed by atoms with Crippen molar-refractivity contribution in [1.82, 2.24) is 9.55 Å². The molecule has 0 aliphatic heterocycles. The SMILES string of the molecule is O=C(Cn1c(=O)cnc2ccccc21)Nc1ccccc1OC(F)(F)F. The Morgan fingerprint density at radius 1 is 1.12 bits per heavy atom. The van der Waals surface area contributed by atoms with E-state index >= 15 is 0 Å². The molecular weight excluding hydrogens is 351 g/mol. The fraction of sp³-hybridized carbons (Fsp3) is 0.118. The van der Waals surface area contributed by atoms with Crippen molar-refractivity contribution in [3.63, 3.8) is 0 Å². The summed E-state index contributed by atoms with van der Waals surface area (Å²) in [5.74, 6) is -1.22. The van der Waals surface area contributed by atoms with Crippen molar-refractivity contribution in [2.75, 3.05) is 5.32 Å². The molecule has 0 aliphatic carbocycles. The first-order chi connectivity index (χ1) is 12.3. The molecule has 1 N–H and O–H groups in total. The van der Waals surface area contributed by atoms with Gasteiger partial charge in [-0.1, -0.05) is 24.3 Å². The Morgan fingerprint density at radius 2 is 1.81 bits per heavy atom. The molecule has 3 aromatic rings. The summed E-state index contributed by atoms with van der Waals surface area (Å²) in [7, 11) is 0. The summed E-state index contributed by atoms with van der Waals surface area (Å²) < 4.78 is 42.4. The van der Waals surface area contributed by atoms with Crippen molar-refractivity contribution in [3.8, 4) is 5.75 Å². The van der Waals surface area contributed by atoms with Crippen LogP contribution in [0, 0.1) is 0 Å². The van der Waals surface area contributed by atoms with Gasteiger partial charge in [0.1, 0.15) is 6.54 Å². The number of fused-ring (bicyclic) bond motifs is 1. The van der Waals surface area contributed by atoms with Crippen molar-refractivity contribution in [2.45, 2.75) is 12.9 Å². The van der Waals surface area contributed by atoms with E-state index in [1.54, 1.807) is 24.3 Å². The minimum absolute atomic E-state index is 0.152. The molecule has 1 aromatic heterocycles. The van der Waals surface area contributed by atoms with Gasteiger partial charge in [-0.25, -0.2) is 4.98 Å². The Hall–Kier alpha value is -3.36. The van der Waals surface area contributed by atoms with Gasteiger partial charge in [-0.15, -0.1) is 13.2 Å². The smallest absolute Gasteiger partial charge is 0.404 e. The lowest BCUT2D eigenvalue weighted by molar-refractivity contribution is -0.274. The number of nitrogens with zero attached hydrogens (tertiary/aromatic N) is 2. The maximum atomic E-state index is 12.4. The Labute approximate surface area is 144 Å². The summed E-state index contributed by atoms with van der Waals surface area (Å²) in [6.07, 6.45) is -3.81. The summed E-state index contributed by atoms with van der Waals surface area (Å²) in [5, 5.41) is 2.33. The second kappa shape index (κ2) is 6.87. The number of halogens is 3. The Morgan fingerprint density at radius 3 is 2.58 bits per heavy atom. The molecule has 0 saturated carbocycles. The second-order valence-corrected chi connectivity index (χ2v) is 5.26. The number of carbonyl (C=O) groups excluding carboxylic acids is 1. The third kappa shape index (κ3) is 4.00. The fourth-order valence-electron chi connectivity index (χ4n) is 2.39. The van der Waals surface area contributed by atoms with Crippen LogP contribution in [-0.4, -0.2) is 21.8 Å². The minimum Gasteiger partial charge on any atom is -0.404 e. The van der Waals surface area contributed by atoms with Crippen LogP contribution in [0.3, 0.4) is 0 Å². The predicted octanol–water partition coefficient (Wildman–Crippen LogP) is 2.93. The highest BCUT2D eigenvalue weighted by Gasteiger charge is 2.32. The number of carbonyl (C=O) groups is 1. The molecule has 2 aromatic carbocycles. The van der Waals surface area contributed by atoms with Crippen LogP contribution in [0.4, 0.5) is 18.9 Å². The third-order valence-electron chi connectivity index (χ3n) is 3.44. The topological polar surface area (TPSA) is 73.2 Å². The molecule has 0 saturated heterocycles. The van der Waals surface area contributed by atoms with Crippen LogP contribution in [0.1, 0.15) is 0 Å². The van der Waals surface area contributed by atoms with Crippen LogP contribution in [0.15, 0.2) is 59.5 Å². The van der Waals surface area contributed by atoms with Gasteiger partial charge in [0.2, 0.25) is 5.91 Å². The summed E-state index contributed by atoms with van der Waals surface area (Å²) >= 11 is 0. The Kier molecular flexibility index (Phi) is 4.61. The lowest BCUT2D eigenvalue weighted by Crippen LogP contribution is -2.28. The Bertz CT molecular complexity index is 1020. The molecule has 0 fully saturated rings. The van der Waals surface area contributed by atoms with E-state index in [2.05, 4.69) is 15.0 Å². The predicted molar refractivity (Wildman–Crippen MR) is 87.8 cm³/mol. The molecule has 134 valence electrons. The third-order valence-corrected chi connectivity index (χ3v) is 3.44. The summed E-state index contributed by atoms with van der Waals surface area (Å²) in [5.41, 5.74) is 0.301. The monoisotopic (exact) mass is 363 g/mol. The number of rotatable bonds is 4. The van der Waals surface area contributed by atoms with Gasteiger partial charge in [0.05, 0.1) is 22.9 Å². The van der Waals surface area contributed by atoms with Crippen LogP contribution in [-0.2, 0) is 11.3 Å². The van der Waals surface area contributed by atoms with Gasteiger partial charge in [0.15, 0.2) is 5.75 Å². The number of hydrogen-bond acceptors (Lipinski definition) is 4. The van der Waals surface area contributed by atoms with E-state index in [0.29, 0.717) is 11.0 Å². The largest absolute Gasteiger partial charge is 0.573 e. The zero-order valence-corrected chi connectivity index (χ0v) is 13.2. The van der Waals surface area contributed by atoms with E-state index in [1.165, 1.54) is 22.8 Å². The number of anilines is 1. The molecule has 0 radical (unpaired) electrons. The van der Waals surface area contributed by atoms with Gasteiger partial charge in [-0.05, 0) is 24.3 Å². The number of amides is 1. The van der Waals surface area contributed by atoms with E-state index in [-0.39, 0.29) is 12.2 Å². The normalized spacial score (nSPS) is 11.3. The molecule has 1 heterocycles. The minimum atomic E-state index is -4.89. The van der Waals surface area contributed by atoms with Gasteiger partial charge in [0.25, 0.3) is 5.56 Å². The molecule has 1 amide bonds. The van der Waals surface area contributed by atoms with Gasteiger partial charge in [-0.2, -0.15) is 0 Å². The summed E-state index contributed by atoms with van der Waals surface area (Å²) in [6.45, 7) is -0.387. The lowest BCUT2D eigenvalue weighted by Gasteiger charge is -2.14. The number of ether oxygens (including phenoxy) is 1.